The number of amides is 2. The van der Waals surface area contributed by atoms with E-state index in [1.807, 2.05) is 4.90 Å². The topological polar surface area (TPSA) is 71.1 Å². The van der Waals surface area contributed by atoms with Crippen molar-refractivity contribution in [2.75, 3.05) is 39.9 Å². The highest BCUT2D eigenvalue weighted by atomic mass is 16.5. The summed E-state index contributed by atoms with van der Waals surface area (Å²) in [7, 11) is 1.68. The van der Waals surface area contributed by atoms with Crippen molar-refractivity contribution >= 4 is 12.0 Å². The Morgan fingerprint density at radius 2 is 2.14 bits per heavy atom. The molecule has 1 N–H and O–H groups in total. The molecule has 0 aromatic heterocycles. The van der Waals surface area contributed by atoms with Crippen LogP contribution in [0, 0.1) is 0 Å². The van der Waals surface area contributed by atoms with Crippen LogP contribution in [0.5, 0.6) is 0 Å². The molecule has 0 radical (unpaired) electrons. The molecular weight excluding hydrogens is 274 g/mol. The quantitative estimate of drug-likeness (QED) is 0.738. The summed E-state index contributed by atoms with van der Waals surface area (Å²) in [5.41, 5.74) is 1.24. The first-order valence-electron chi connectivity index (χ1n) is 7.32. The van der Waals surface area contributed by atoms with Gasteiger partial charge in [0.05, 0.1) is 23.4 Å². The van der Waals surface area contributed by atoms with Crippen molar-refractivity contribution in [1.82, 2.24) is 15.1 Å². The van der Waals surface area contributed by atoms with Crippen molar-refractivity contribution in [1.29, 1.82) is 0 Å². The lowest BCUT2D eigenvalue weighted by Crippen LogP contribution is -2.54. The third-order valence-corrected chi connectivity index (χ3v) is 4.54. The molecule has 2 saturated heterocycles. The molecule has 0 unspecified atom stereocenters. The number of esters is 1. The van der Waals surface area contributed by atoms with E-state index < -0.39 is 0 Å². The van der Waals surface area contributed by atoms with Crippen molar-refractivity contribution in [2.45, 2.75) is 25.5 Å². The fourth-order valence-corrected chi connectivity index (χ4v) is 3.27. The van der Waals surface area contributed by atoms with Crippen LogP contribution in [0.25, 0.3) is 0 Å². The number of cyclic esters (lactones) is 1. The molecular formula is C14H21N3O4. The number of urea groups is 1. The molecule has 2 amide bonds. The van der Waals surface area contributed by atoms with Gasteiger partial charge in [0, 0.05) is 26.7 Å². The van der Waals surface area contributed by atoms with E-state index in [0.717, 1.165) is 19.5 Å². The molecule has 0 bridgehead atoms. The fraction of sp³-hybridized carbons (Fsp3) is 0.714. The minimum atomic E-state index is -0.326. The largest absolute Gasteiger partial charge is 0.456 e. The Kier molecular flexibility index (Phi) is 3.86. The van der Waals surface area contributed by atoms with Gasteiger partial charge in [-0.05, 0) is 19.9 Å². The molecule has 0 aromatic carbocycles. The molecule has 3 rings (SSSR count). The first kappa shape index (κ1) is 14.3. The average molecular weight is 295 g/mol. The number of ether oxygens (including phenoxy) is 2. The van der Waals surface area contributed by atoms with Crippen LogP contribution in [0.4, 0.5) is 4.79 Å². The van der Waals surface area contributed by atoms with Gasteiger partial charge in [-0.15, -0.1) is 0 Å². The molecule has 0 aliphatic carbocycles. The van der Waals surface area contributed by atoms with Crippen molar-refractivity contribution in [3.8, 4) is 0 Å². The lowest BCUT2D eigenvalue weighted by Gasteiger charge is -2.37. The van der Waals surface area contributed by atoms with Gasteiger partial charge >= 0.3 is 12.0 Å². The third kappa shape index (κ3) is 2.40. The van der Waals surface area contributed by atoms with Gasteiger partial charge in [0.15, 0.2) is 0 Å². The predicted octanol–water partition coefficient (Wildman–Crippen LogP) is -0.0683. The number of nitrogens with one attached hydrogen (secondary N) is 1. The Morgan fingerprint density at radius 1 is 1.33 bits per heavy atom. The van der Waals surface area contributed by atoms with Crippen LogP contribution in [0.1, 0.15) is 13.3 Å². The molecule has 3 aliphatic heterocycles. The first-order chi connectivity index (χ1) is 10.1. The van der Waals surface area contributed by atoms with Gasteiger partial charge in [-0.3, -0.25) is 4.90 Å². The summed E-state index contributed by atoms with van der Waals surface area (Å²) in [6, 6.07) is 0.0456. The van der Waals surface area contributed by atoms with Crippen molar-refractivity contribution in [2.24, 2.45) is 0 Å². The van der Waals surface area contributed by atoms with Gasteiger partial charge in [-0.25, -0.2) is 9.59 Å². The van der Waals surface area contributed by atoms with E-state index in [-0.39, 0.29) is 30.8 Å². The molecule has 0 saturated carbocycles. The van der Waals surface area contributed by atoms with Gasteiger partial charge in [0.1, 0.15) is 6.61 Å². The van der Waals surface area contributed by atoms with Crippen molar-refractivity contribution < 1.29 is 19.1 Å². The number of nitrogens with zero attached hydrogens (tertiary/aromatic N) is 2. The number of rotatable bonds is 3. The molecule has 7 nitrogen and oxygen atoms in total. The van der Waals surface area contributed by atoms with Gasteiger partial charge in [-0.1, -0.05) is 0 Å². The highest BCUT2D eigenvalue weighted by Crippen LogP contribution is 2.27. The average Bonchev–Trinajstić information content (AvgIpc) is 3.03. The molecule has 2 atom stereocenters. The van der Waals surface area contributed by atoms with E-state index in [2.05, 4.69) is 5.32 Å². The van der Waals surface area contributed by atoms with E-state index in [0.29, 0.717) is 24.4 Å². The monoisotopic (exact) mass is 295 g/mol. The number of carbonyl (C=O) groups excluding carboxylic acids is 2. The van der Waals surface area contributed by atoms with Crippen LogP contribution in [0.15, 0.2) is 11.3 Å². The highest BCUT2D eigenvalue weighted by molar-refractivity contribution is 5.92. The zero-order valence-corrected chi connectivity index (χ0v) is 12.4. The number of methoxy groups -OCH3 is 1. The molecule has 0 spiro atoms. The summed E-state index contributed by atoms with van der Waals surface area (Å²) in [4.78, 5) is 27.7. The normalized spacial score (nSPS) is 30.4. The maximum absolute atomic E-state index is 12.7. The maximum Gasteiger partial charge on any atom is 0.336 e. The third-order valence-electron chi connectivity index (χ3n) is 4.54. The summed E-state index contributed by atoms with van der Waals surface area (Å²) in [6.07, 6.45) is 0.894. The van der Waals surface area contributed by atoms with Crippen LogP contribution in [0.2, 0.25) is 0 Å². The molecule has 7 heteroatoms. The molecule has 21 heavy (non-hydrogen) atoms. The van der Waals surface area contributed by atoms with Crippen LogP contribution in [0.3, 0.4) is 0 Å². The Bertz CT molecular complexity index is 491. The van der Waals surface area contributed by atoms with Crippen molar-refractivity contribution in [3.05, 3.63) is 11.3 Å². The SMILES string of the molecule is CO[C@@H]1CNCC[C@@H]1N1CCN(C2=C(C)C(=O)OC2)C1=O. The molecule has 2 fully saturated rings. The number of carbonyl (C=O) groups is 2. The highest BCUT2D eigenvalue weighted by Gasteiger charge is 2.41. The molecule has 0 aromatic rings. The zero-order valence-electron chi connectivity index (χ0n) is 12.4. The lowest BCUT2D eigenvalue weighted by atomic mass is 10.0. The second-order valence-corrected chi connectivity index (χ2v) is 5.61. The maximum atomic E-state index is 12.7. The minimum absolute atomic E-state index is 0.0131. The predicted molar refractivity (Wildman–Crippen MR) is 74.5 cm³/mol. The van der Waals surface area contributed by atoms with Crippen molar-refractivity contribution in [3.63, 3.8) is 0 Å². The molecule has 3 aliphatic rings. The number of hydrogen-bond donors (Lipinski definition) is 1. The summed E-state index contributed by atoms with van der Waals surface area (Å²) < 4.78 is 10.5. The van der Waals surface area contributed by atoms with E-state index in [4.69, 9.17) is 9.47 Å². The Balaban J connectivity index is 1.76. The minimum Gasteiger partial charge on any atom is -0.456 e. The second-order valence-electron chi connectivity index (χ2n) is 5.61. The number of hydrogen-bond acceptors (Lipinski definition) is 5. The lowest BCUT2D eigenvalue weighted by molar-refractivity contribution is -0.136. The van der Waals surface area contributed by atoms with Crippen LogP contribution in [-0.4, -0.2) is 73.8 Å². The fourth-order valence-electron chi connectivity index (χ4n) is 3.27. The van der Waals surface area contributed by atoms with E-state index in [1.165, 1.54) is 0 Å². The van der Waals surface area contributed by atoms with Crippen LogP contribution in [-0.2, 0) is 14.3 Å². The zero-order chi connectivity index (χ0) is 15.0. The molecule has 116 valence electrons. The van der Waals surface area contributed by atoms with E-state index in [1.54, 1.807) is 18.9 Å². The summed E-state index contributed by atoms with van der Waals surface area (Å²) in [5.74, 6) is -0.326. The van der Waals surface area contributed by atoms with Crippen LogP contribution >= 0.6 is 0 Å². The summed E-state index contributed by atoms with van der Waals surface area (Å²) >= 11 is 0. The van der Waals surface area contributed by atoms with Gasteiger partial charge < -0.3 is 19.7 Å². The first-order valence-corrected chi connectivity index (χ1v) is 7.32. The number of piperidine rings is 1. The summed E-state index contributed by atoms with van der Waals surface area (Å²) in [6.45, 7) is 4.82. The van der Waals surface area contributed by atoms with E-state index >= 15 is 0 Å². The Morgan fingerprint density at radius 3 is 2.81 bits per heavy atom. The molecule has 3 heterocycles. The second kappa shape index (κ2) is 5.65. The summed E-state index contributed by atoms with van der Waals surface area (Å²) in [5, 5.41) is 3.28. The Labute approximate surface area is 123 Å². The van der Waals surface area contributed by atoms with E-state index in [9.17, 15) is 9.59 Å². The standard InChI is InChI=1S/C14H21N3O4/c1-9-11(8-21-13(9)18)17-6-5-16(14(17)19)10-3-4-15-7-12(10)20-2/h10,12,15H,3-8H2,1-2H3/t10-,12+/m0/s1. The van der Waals surface area contributed by atoms with Crippen LogP contribution < -0.4 is 5.32 Å². The van der Waals surface area contributed by atoms with Gasteiger partial charge in [-0.2, -0.15) is 0 Å². The van der Waals surface area contributed by atoms with Gasteiger partial charge in [0.2, 0.25) is 0 Å². The van der Waals surface area contributed by atoms with Gasteiger partial charge in [0.25, 0.3) is 0 Å². The smallest absolute Gasteiger partial charge is 0.336 e. The Hall–Kier alpha value is -1.60.